The summed E-state index contributed by atoms with van der Waals surface area (Å²) >= 11 is -0.826. The van der Waals surface area contributed by atoms with Crippen molar-refractivity contribution in [2.24, 2.45) is 0 Å². The minimum absolute atomic E-state index is 0.826. The van der Waals surface area contributed by atoms with Gasteiger partial charge in [0.1, 0.15) is 0 Å². The topological polar surface area (TPSA) is 25.8 Å². The zero-order valence-corrected chi connectivity index (χ0v) is 12.3. The molecule has 0 aliphatic rings. The number of aromatic nitrogens is 2. The Hall–Kier alpha value is -0.321. The van der Waals surface area contributed by atoms with Crippen molar-refractivity contribution in [2.45, 2.75) is 0 Å². The van der Waals surface area contributed by atoms with Crippen LogP contribution in [0.4, 0.5) is 0 Å². The van der Waals surface area contributed by atoms with Crippen molar-refractivity contribution < 1.29 is 0 Å². The minimum atomic E-state index is -0.826. The van der Waals surface area contributed by atoms with E-state index in [1.54, 1.807) is 24.8 Å². The molecule has 0 spiro atoms. The molecule has 0 aliphatic carbocycles. The van der Waals surface area contributed by atoms with Gasteiger partial charge < -0.3 is 0 Å². The molecule has 0 unspecified atom stereocenters. The summed E-state index contributed by atoms with van der Waals surface area (Å²) in [6, 6.07) is 11.4. The van der Waals surface area contributed by atoms with Crippen LogP contribution in [0.2, 0.25) is 0 Å². The monoisotopic (exact) mass is 348 g/mol. The van der Waals surface area contributed by atoms with Crippen molar-refractivity contribution in [2.75, 3.05) is 0 Å². The van der Waals surface area contributed by atoms with Gasteiger partial charge >= 0.3 is 36.7 Å². The van der Waals surface area contributed by atoms with Crippen LogP contribution in [0, 0.1) is 0 Å². The van der Waals surface area contributed by atoms with E-state index in [2.05, 4.69) is 9.97 Å². The van der Waals surface area contributed by atoms with Gasteiger partial charge in [-0.15, -0.1) is 0 Å². The van der Waals surface area contributed by atoms with Crippen LogP contribution in [0.25, 0.3) is 0 Å². The molecule has 2 heterocycles. The Morgan fingerprint density at radius 2 is 0.867 bits per heavy atom. The second-order valence-electron chi connectivity index (χ2n) is 2.12. The largest absolute Gasteiger partial charge is 0.265 e. The molecule has 0 aliphatic heterocycles. The van der Waals surface area contributed by atoms with Gasteiger partial charge in [-0.25, -0.2) is 0 Å². The molecule has 0 amide bonds. The zero-order valence-electron chi connectivity index (χ0n) is 7.92. The first-order chi connectivity index (χ1) is 7.41. The molecule has 0 bridgehead atoms. The van der Waals surface area contributed by atoms with Gasteiger partial charge in [0.15, 0.2) is 0 Å². The number of pyridine rings is 2. The second-order valence-corrected chi connectivity index (χ2v) is 6.36. The van der Waals surface area contributed by atoms with Crippen LogP contribution >= 0.6 is 17.8 Å². The molecule has 2 radical (unpaired) electrons. The molecule has 2 rings (SSSR count). The Bertz CT molecular complexity index is 210. The summed E-state index contributed by atoms with van der Waals surface area (Å²) in [7, 11) is 9.87. The quantitative estimate of drug-likeness (QED) is 0.684. The van der Waals surface area contributed by atoms with E-state index in [4.69, 9.17) is 17.8 Å². The molecule has 0 saturated carbocycles. The smallest absolute Gasteiger partial charge is 0.0267 e. The fourth-order valence-electron chi connectivity index (χ4n) is 0.625. The van der Waals surface area contributed by atoms with Crippen molar-refractivity contribution >= 4 is 36.7 Å². The SMILES string of the molecule is [Cl][Sn][Cl].c1ccncc1.c1ccncc1. The van der Waals surface area contributed by atoms with E-state index in [1.165, 1.54) is 0 Å². The van der Waals surface area contributed by atoms with Crippen LogP contribution in [-0.2, 0) is 0 Å². The Kier molecular flexibility index (Phi) is 13.4. The normalized spacial score (nSPS) is 7.60. The summed E-state index contributed by atoms with van der Waals surface area (Å²) in [4.78, 5) is 7.57. The van der Waals surface area contributed by atoms with E-state index in [9.17, 15) is 0 Å². The van der Waals surface area contributed by atoms with Crippen LogP contribution in [-0.4, -0.2) is 28.9 Å². The summed E-state index contributed by atoms with van der Waals surface area (Å²) in [5.41, 5.74) is 0. The van der Waals surface area contributed by atoms with E-state index in [0.29, 0.717) is 0 Å². The number of hydrogen-bond donors (Lipinski definition) is 0. The fraction of sp³-hybridized carbons (Fsp3) is 0. The molecule has 2 nitrogen and oxygen atoms in total. The van der Waals surface area contributed by atoms with E-state index >= 15 is 0 Å². The Balaban J connectivity index is 0.000000210. The second kappa shape index (κ2) is 13.7. The third-order valence-corrected chi connectivity index (χ3v) is 1.13. The molecule has 2 aromatic heterocycles. The van der Waals surface area contributed by atoms with E-state index in [-0.39, 0.29) is 0 Å². The van der Waals surface area contributed by atoms with Crippen molar-refractivity contribution in [3.05, 3.63) is 61.2 Å². The van der Waals surface area contributed by atoms with Crippen LogP contribution in [0.3, 0.4) is 0 Å². The van der Waals surface area contributed by atoms with Crippen molar-refractivity contribution in [1.82, 2.24) is 9.97 Å². The molecule has 0 fully saturated rings. The van der Waals surface area contributed by atoms with Gasteiger partial charge in [0, 0.05) is 24.8 Å². The molecule has 0 aromatic carbocycles. The predicted octanol–water partition coefficient (Wildman–Crippen LogP) is 3.16. The number of halogens is 2. The van der Waals surface area contributed by atoms with Crippen LogP contribution < -0.4 is 0 Å². The predicted molar refractivity (Wildman–Crippen MR) is 65.9 cm³/mol. The van der Waals surface area contributed by atoms with Gasteiger partial charge in [-0.3, -0.25) is 9.97 Å². The van der Waals surface area contributed by atoms with E-state index in [0.717, 1.165) is 0 Å². The Morgan fingerprint density at radius 1 is 0.600 bits per heavy atom. The summed E-state index contributed by atoms with van der Waals surface area (Å²) in [5, 5.41) is 0. The van der Waals surface area contributed by atoms with Gasteiger partial charge in [0.25, 0.3) is 0 Å². The average molecular weight is 348 g/mol. The minimum Gasteiger partial charge on any atom is -0.265 e. The van der Waals surface area contributed by atoms with Gasteiger partial charge in [0.05, 0.1) is 0 Å². The van der Waals surface area contributed by atoms with Crippen molar-refractivity contribution in [3.63, 3.8) is 0 Å². The molecule has 15 heavy (non-hydrogen) atoms. The Morgan fingerprint density at radius 3 is 0.933 bits per heavy atom. The molecule has 0 saturated heterocycles. The molecular formula is C10H10Cl2N2Sn. The summed E-state index contributed by atoms with van der Waals surface area (Å²) in [6.07, 6.45) is 7.00. The first kappa shape index (κ1) is 14.7. The van der Waals surface area contributed by atoms with Crippen molar-refractivity contribution in [1.29, 1.82) is 0 Å². The summed E-state index contributed by atoms with van der Waals surface area (Å²) in [6.45, 7) is 0. The maximum absolute atomic E-state index is 4.93. The third-order valence-electron chi connectivity index (χ3n) is 1.13. The molecule has 5 heteroatoms. The molecule has 78 valence electrons. The van der Waals surface area contributed by atoms with Crippen LogP contribution in [0.15, 0.2) is 61.2 Å². The fourth-order valence-corrected chi connectivity index (χ4v) is 0.625. The average Bonchev–Trinajstić information content (AvgIpc) is 2.35. The van der Waals surface area contributed by atoms with Gasteiger partial charge in [-0.1, -0.05) is 12.1 Å². The standard InChI is InChI=1S/2C5H5N.2ClH.Sn/c2*1-2-4-6-5-3-1;;;/h2*1-5H;2*1H;/q;;;;+2/p-2. The zero-order chi connectivity index (χ0) is 11.2. The summed E-state index contributed by atoms with van der Waals surface area (Å²) in [5.74, 6) is 0. The van der Waals surface area contributed by atoms with Crippen LogP contribution in [0.1, 0.15) is 0 Å². The van der Waals surface area contributed by atoms with Gasteiger partial charge in [0.2, 0.25) is 0 Å². The van der Waals surface area contributed by atoms with Gasteiger partial charge in [-0.05, 0) is 24.3 Å². The molecule has 2 aromatic rings. The third kappa shape index (κ3) is 13.7. The number of rotatable bonds is 0. The first-order valence-corrected chi connectivity index (χ1v) is 11.3. The van der Waals surface area contributed by atoms with Crippen molar-refractivity contribution in [3.8, 4) is 0 Å². The summed E-state index contributed by atoms with van der Waals surface area (Å²) < 4.78 is 0. The Labute approximate surface area is 107 Å². The number of hydrogen-bond acceptors (Lipinski definition) is 2. The first-order valence-electron chi connectivity index (χ1n) is 4.08. The molecule has 0 atom stereocenters. The maximum Gasteiger partial charge on any atom is 0.0267 e. The number of nitrogens with zero attached hydrogens (tertiary/aromatic N) is 2. The molecular weight excluding hydrogens is 338 g/mol. The molecule has 0 N–H and O–H groups in total. The van der Waals surface area contributed by atoms with Crippen LogP contribution in [0.5, 0.6) is 0 Å². The van der Waals surface area contributed by atoms with Gasteiger partial charge in [-0.2, -0.15) is 0 Å². The van der Waals surface area contributed by atoms with E-state index in [1.807, 2.05) is 36.4 Å². The van der Waals surface area contributed by atoms with E-state index < -0.39 is 18.9 Å². The maximum atomic E-state index is 4.93.